The zero-order valence-electron chi connectivity index (χ0n) is 12.6. The van der Waals surface area contributed by atoms with Crippen LogP contribution in [-0.4, -0.2) is 31.4 Å². The van der Waals surface area contributed by atoms with Gasteiger partial charge in [0.05, 0.1) is 18.2 Å². The van der Waals surface area contributed by atoms with Crippen molar-refractivity contribution in [2.45, 2.75) is 13.0 Å². The number of nitrogens with one attached hydrogen (secondary N) is 2. The highest BCUT2D eigenvalue weighted by atomic mass is 35.5. The number of allylic oxidation sites excluding steroid dienone is 1. The molecule has 1 atom stereocenters. The quantitative estimate of drug-likeness (QED) is 0.469. The number of ether oxygens (including phenoxy) is 2. The Hall–Kier alpha value is -1.34. The largest absolute Gasteiger partial charge is 0.460 e. The number of carbonyl (C=O) groups excluding carboxylic acids is 1. The maximum Gasteiger partial charge on any atom is 0.338 e. The van der Waals surface area contributed by atoms with Gasteiger partial charge in [-0.25, -0.2) is 4.79 Å². The van der Waals surface area contributed by atoms with Crippen LogP contribution in [0, 0.1) is 0 Å². The van der Waals surface area contributed by atoms with Gasteiger partial charge in [0.1, 0.15) is 6.61 Å². The van der Waals surface area contributed by atoms with Crippen LogP contribution in [0.25, 0.3) is 0 Å². The van der Waals surface area contributed by atoms with Crippen molar-refractivity contribution < 1.29 is 14.3 Å². The van der Waals surface area contributed by atoms with Crippen LogP contribution >= 0.6 is 35.4 Å². The molecule has 23 heavy (non-hydrogen) atoms. The van der Waals surface area contributed by atoms with Crippen LogP contribution in [-0.2, 0) is 14.3 Å². The molecule has 0 bridgehead atoms. The second kappa shape index (κ2) is 7.97. The maximum absolute atomic E-state index is 12.4. The van der Waals surface area contributed by atoms with Crippen LogP contribution < -0.4 is 10.6 Å². The van der Waals surface area contributed by atoms with E-state index in [1.807, 2.05) is 0 Å². The number of rotatable bonds is 5. The van der Waals surface area contributed by atoms with E-state index in [2.05, 4.69) is 10.6 Å². The summed E-state index contributed by atoms with van der Waals surface area (Å²) >= 11 is 17.4. The Kier molecular flexibility index (Phi) is 6.24. The first-order valence-electron chi connectivity index (χ1n) is 6.83. The molecular weight excluding hydrogens is 359 g/mol. The summed E-state index contributed by atoms with van der Waals surface area (Å²) in [4.78, 5) is 12.4. The van der Waals surface area contributed by atoms with Gasteiger partial charge in [0, 0.05) is 22.9 Å². The van der Waals surface area contributed by atoms with Crippen LogP contribution in [0.5, 0.6) is 0 Å². The van der Waals surface area contributed by atoms with Crippen LogP contribution in [0.4, 0.5) is 0 Å². The molecule has 5 nitrogen and oxygen atoms in total. The first kappa shape index (κ1) is 18.0. The van der Waals surface area contributed by atoms with Crippen molar-refractivity contribution in [3.63, 3.8) is 0 Å². The summed E-state index contributed by atoms with van der Waals surface area (Å²) in [5, 5.41) is 7.34. The van der Waals surface area contributed by atoms with E-state index in [1.165, 1.54) is 7.11 Å². The van der Waals surface area contributed by atoms with Gasteiger partial charge in [-0.05, 0) is 36.8 Å². The maximum atomic E-state index is 12.4. The molecule has 1 aromatic carbocycles. The van der Waals surface area contributed by atoms with Gasteiger partial charge in [0.25, 0.3) is 0 Å². The lowest BCUT2D eigenvalue weighted by atomic mass is 9.95. The van der Waals surface area contributed by atoms with Crippen molar-refractivity contribution in [1.82, 2.24) is 10.6 Å². The Labute approximate surface area is 149 Å². The lowest BCUT2D eigenvalue weighted by molar-refractivity contribution is -0.140. The number of carbonyl (C=O) groups is 1. The molecule has 0 fully saturated rings. The molecule has 124 valence electrons. The molecule has 2 rings (SSSR count). The van der Waals surface area contributed by atoms with Gasteiger partial charge in [-0.15, -0.1) is 0 Å². The second-order valence-electron chi connectivity index (χ2n) is 4.86. The van der Waals surface area contributed by atoms with Crippen molar-refractivity contribution in [2.24, 2.45) is 0 Å². The molecule has 0 saturated heterocycles. The Morgan fingerprint density at radius 2 is 2.09 bits per heavy atom. The van der Waals surface area contributed by atoms with E-state index in [-0.39, 0.29) is 6.61 Å². The van der Waals surface area contributed by atoms with E-state index in [0.29, 0.717) is 38.6 Å². The molecule has 0 spiro atoms. The van der Waals surface area contributed by atoms with E-state index in [9.17, 15) is 4.79 Å². The normalized spacial score (nSPS) is 17.6. The van der Waals surface area contributed by atoms with Crippen LogP contribution in [0.2, 0.25) is 10.0 Å². The highest BCUT2D eigenvalue weighted by molar-refractivity contribution is 7.80. The van der Waals surface area contributed by atoms with E-state index in [4.69, 9.17) is 44.9 Å². The smallest absolute Gasteiger partial charge is 0.338 e. The molecule has 0 amide bonds. The lowest BCUT2D eigenvalue weighted by Crippen LogP contribution is -2.45. The average molecular weight is 375 g/mol. The van der Waals surface area contributed by atoms with E-state index in [0.717, 1.165) is 0 Å². The number of esters is 1. The minimum absolute atomic E-state index is 0.164. The highest BCUT2D eigenvalue weighted by Crippen LogP contribution is 2.33. The van der Waals surface area contributed by atoms with Gasteiger partial charge in [0.2, 0.25) is 0 Å². The SMILES string of the molecule is COCCOC(=O)C1=C(C)NC(=S)N[C@H]1c1ccc(Cl)cc1Cl. The predicted octanol–water partition coefficient (Wildman–Crippen LogP) is 2.98. The fourth-order valence-electron chi connectivity index (χ4n) is 2.23. The molecule has 1 heterocycles. The molecule has 1 aromatic rings. The molecule has 0 aromatic heterocycles. The van der Waals surface area contributed by atoms with E-state index >= 15 is 0 Å². The Morgan fingerprint density at radius 1 is 1.35 bits per heavy atom. The van der Waals surface area contributed by atoms with Gasteiger partial charge in [0.15, 0.2) is 5.11 Å². The minimum Gasteiger partial charge on any atom is -0.460 e. The zero-order valence-corrected chi connectivity index (χ0v) is 14.9. The fraction of sp³-hybridized carbons (Fsp3) is 0.333. The number of hydrogen-bond acceptors (Lipinski definition) is 4. The number of halogens is 2. The predicted molar refractivity (Wildman–Crippen MR) is 93.6 cm³/mol. The van der Waals surface area contributed by atoms with Gasteiger partial charge >= 0.3 is 5.97 Å². The van der Waals surface area contributed by atoms with Crippen molar-refractivity contribution in [3.8, 4) is 0 Å². The molecule has 0 unspecified atom stereocenters. The topological polar surface area (TPSA) is 59.6 Å². The van der Waals surface area contributed by atoms with Gasteiger partial charge in [-0.2, -0.15) is 0 Å². The molecule has 2 N–H and O–H groups in total. The summed E-state index contributed by atoms with van der Waals surface area (Å²) < 4.78 is 10.1. The molecule has 8 heteroatoms. The summed E-state index contributed by atoms with van der Waals surface area (Å²) in [5.41, 5.74) is 1.73. The standard InChI is InChI=1S/C15H16Cl2N2O3S/c1-8-12(14(20)22-6-5-21-2)13(19-15(23)18-8)10-4-3-9(16)7-11(10)17/h3-4,7,13H,5-6H2,1-2H3,(H2,18,19,23)/t13-/m0/s1. The first-order chi connectivity index (χ1) is 10.9. The third-order valence-electron chi connectivity index (χ3n) is 3.28. The summed E-state index contributed by atoms with van der Waals surface area (Å²) in [5.74, 6) is -0.460. The molecular formula is C15H16Cl2N2O3S. The molecule has 0 aliphatic carbocycles. The molecule has 1 aliphatic heterocycles. The number of thiocarbonyl (C=S) groups is 1. The molecule has 1 aliphatic rings. The average Bonchev–Trinajstić information content (AvgIpc) is 2.46. The first-order valence-corrected chi connectivity index (χ1v) is 7.99. The van der Waals surface area contributed by atoms with Crippen molar-refractivity contribution in [2.75, 3.05) is 20.3 Å². The summed E-state index contributed by atoms with van der Waals surface area (Å²) in [7, 11) is 1.54. The third-order valence-corrected chi connectivity index (χ3v) is 4.07. The number of hydrogen-bond donors (Lipinski definition) is 2. The third kappa shape index (κ3) is 4.35. The van der Waals surface area contributed by atoms with Gasteiger partial charge in [-0.1, -0.05) is 29.3 Å². The summed E-state index contributed by atoms with van der Waals surface area (Å²) in [6.07, 6.45) is 0. The number of benzene rings is 1. The minimum atomic E-state index is -0.511. The van der Waals surface area contributed by atoms with Crippen molar-refractivity contribution in [3.05, 3.63) is 45.1 Å². The van der Waals surface area contributed by atoms with Crippen molar-refractivity contribution >= 4 is 46.5 Å². The Balaban J connectivity index is 2.36. The fourth-order valence-corrected chi connectivity index (χ4v) is 3.02. The second-order valence-corrected chi connectivity index (χ2v) is 6.12. The van der Waals surface area contributed by atoms with Crippen LogP contribution in [0.1, 0.15) is 18.5 Å². The zero-order chi connectivity index (χ0) is 17.0. The van der Waals surface area contributed by atoms with E-state index in [1.54, 1.807) is 25.1 Å². The summed E-state index contributed by atoms with van der Waals surface area (Å²) in [6, 6.07) is 4.57. The van der Waals surface area contributed by atoms with Gasteiger partial charge in [-0.3, -0.25) is 0 Å². The lowest BCUT2D eigenvalue weighted by Gasteiger charge is -2.30. The van der Waals surface area contributed by atoms with Gasteiger partial charge < -0.3 is 20.1 Å². The number of methoxy groups -OCH3 is 1. The van der Waals surface area contributed by atoms with E-state index < -0.39 is 12.0 Å². The Morgan fingerprint density at radius 3 is 2.74 bits per heavy atom. The molecule has 0 saturated carbocycles. The monoisotopic (exact) mass is 374 g/mol. The van der Waals surface area contributed by atoms with Crippen LogP contribution in [0.15, 0.2) is 29.5 Å². The van der Waals surface area contributed by atoms with Crippen LogP contribution in [0.3, 0.4) is 0 Å². The highest BCUT2D eigenvalue weighted by Gasteiger charge is 2.32. The molecule has 0 radical (unpaired) electrons. The van der Waals surface area contributed by atoms with Crippen molar-refractivity contribution in [1.29, 1.82) is 0 Å². The summed E-state index contributed by atoms with van der Waals surface area (Å²) in [6.45, 7) is 2.25. The Bertz CT molecular complexity index is 664.